The van der Waals surface area contributed by atoms with Crippen molar-refractivity contribution in [2.75, 3.05) is 11.9 Å². The van der Waals surface area contributed by atoms with E-state index in [9.17, 15) is 0 Å². The van der Waals surface area contributed by atoms with Crippen LogP contribution in [0.5, 0.6) is 5.75 Å². The van der Waals surface area contributed by atoms with Crippen LogP contribution < -0.4 is 10.1 Å². The lowest BCUT2D eigenvalue weighted by molar-refractivity contribution is 0.246. The number of hydrogen-bond acceptors (Lipinski definition) is 2. The van der Waals surface area contributed by atoms with Crippen LogP contribution >= 0.6 is 31.9 Å². The molecule has 3 rings (SSSR count). The largest absolute Gasteiger partial charge is 0.488 e. The number of halogens is 2. The summed E-state index contributed by atoms with van der Waals surface area (Å²) in [5, 5.41) is 3.47. The number of fused-ring (bicyclic) bond motifs is 1. The van der Waals surface area contributed by atoms with Gasteiger partial charge in [0.15, 0.2) is 0 Å². The molecule has 0 bridgehead atoms. The molecular formula is C16H15Br2NO. The van der Waals surface area contributed by atoms with E-state index in [-0.39, 0.29) is 6.10 Å². The molecule has 2 aromatic rings. The molecule has 20 heavy (non-hydrogen) atoms. The van der Waals surface area contributed by atoms with Gasteiger partial charge in [-0.2, -0.15) is 0 Å². The van der Waals surface area contributed by atoms with Crippen molar-refractivity contribution in [1.82, 2.24) is 0 Å². The second kappa shape index (κ2) is 5.78. The minimum atomic E-state index is 0.188. The zero-order valence-corrected chi connectivity index (χ0v) is 14.3. The quantitative estimate of drug-likeness (QED) is 0.793. The van der Waals surface area contributed by atoms with E-state index in [1.165, 1.54) is 11.1 Å². The number of hydrogen-bond donors (Lipinski definition) is 1. The first-order chi connectivity index (χ1) is 9.63. The summed E-state index contributed by atoms with van der Waals surface area (Å²) in [5.41, 5.74) is 3.59. The highest BCUT2D eigenvalue weighted by Crippen LogP contribution is 2.33. The number of nitrogens with one attached hydrogen (secondary N) is 1. The van der Waals surface area contributed by atoms with Crippen molar-refractivity contribution in [2.45, 2.75) is 19.4 Å². The SMILES string of the molecule is Cc1cc(Br)c(NCC2Cc3ccccc3O2)c(Br)c1. The summed E-state index contributed by atoms with van der Waals surface area (Å²) in [4.78, 5) is 0. The molecule has 0 aliphatic carbocycles. The Hall–Kier alpha value is -1.00. The van der Waals surface area contributed by atoms with Gasteiger partial charge in [-0.25, -0.2) is 0 Å². The lowest BCUT2D eigenvalue weighted by Gasteiger charge is -2.15. The molecule has 2 nitrogen and oxygen atoms in total. The van der Waals surface area contributed by atoms with Crippen LogP contribution in [0.15, 0.2) is 45.3 Å². The van der Waals surface area contributed by atoms with Crippen molar-refractivity contribution in [3.05, 3.63) is 56.5 Å². The maximum atomic E-state index is 5.94. The topological polar surface area (TPSA) is 21.3 Å². The summed E-state index contributed by atoms with van der Waals surface area (Å²) in [5.74, 6) is 1.02. The van der Waals surface area contributed by atoms with Crippen molar-refractivity contribution >= 4 is 37.5 Å². The molecule has 2 aromatic carbocycles. The number of anilines is 1. The van der Waals surface area contributed by atoms with Crippen molar-refractivity contribution in [3.8, 4) is 5.75 Å². The van der Waals surface area contributed by atoms with Gasteiger partial charge in [0.2, 0.25) is 0 Å². The fourth-order valence-electron chi connectivity index (χ4n) is 2.45. The van der Waals surface area contributed by atoms with Crippen molar-refractivity contribution in [3.63, 3.8) is 0 Å². The van der Waals surface area contributed by atoms with Crippen LogP contribution in [-0.4, -0.2) is 12.6 Å². The van der Waals surface area contributed by atoms with Crippen molar-refractivity contribution in [1.29, 1.82) is 0 Å². The van der Waals surface area contributed by atoms with Gasteiger partial charge in [-0.3, -0.25) is 0 Å². The zero-order chi connectivity index (χ0) is 14.1. The van der Waals surface area contributed by atoms with E-state index in [0.717, 1.165) is 33.3 Å². The second-order valence-electron chi connectivity index (χ2n) is 5.04. The third-order valence-corrected chi connectivity index (χ3v) is 4.66. The van der Waals surface area contributed by atoms with Crippen LogP contribution in [0.25, 0.3) is 0 Å². The molecule has 1 heterocycles. The Kier molecular flexibility index (Phi) is 4.03. The van der Waals surface area contributed by atoms with Crippen LogP contribution in [-0.2, 0) is 6.42 Å². The molecule has 0 saturated carbocycles. The highest BCUT2D eigenvalue weighted by Gasteiger charge is 2.22. The van der Waals surface area contributed by atoms with Crippen LogP contribution in [0.2, 0.25) is 0 Å². The minimum Gasteiger partial charge on any atom is -0.488 e. The normalized spacial score (nSPS) is 16.6. The Bertz CT molecular complexity index is 594. The maximum absolute atomic E-state index is 5.94. The number of rotatable bonds is 3. The summed E-state index contributed by atoms with van der Waals surface area (Å²) >= 11 is 7.21. The van der Waals surface area contributed by atoms with Gasteiger partial charge in [-0.05, 0) is 68.1 Å². The van der Waals surface area contributed by atoms with Crippen LogP contribution in [0, 0.1) is 6.92 Å². The number of para-hydroxylation sites is 1. The van der Waals surface area contributed by atoms with E-state index in [1.807, 2.05) is 12.1 Å². The maximum Gasteiger partial charge on any atom is 0.123 e. The summed E-state index contributed by atoms with van der Waals surface area (Å²) in [6, 6.07) is 12.5. The number of benzene rings is 2. The lowest BCUT2D eigenvalue weighted by atomic mass is 10.1. The van der Waals surface area contributed by atoms with E-state index in [0.29, 0.717) is 0 Å². The average Bonchev–Trinajstić information content (AvgIpc) is 2.80. The van der Waals surface area contributed by atoms with Gasteiger partial charge in [-0.1, -0.05) is 18.2 Å². The van der Waals surface area contributed by atoms with Gasteiger partial charge in [0, 0.05) is 15.4 Å². The molecule has 0 radical (unpaired) electrons. The molecule has 1 N–H and O–H groups in total. The Labute approximate surface area is 135 Å². The molecular weight excluding hydrogens is 382 g/mol. The van der Waals surface area contributed by atoms with Gasteiger partial charge in [-0.15, -0.1) is 0 Å². The molecule has 1 aliphatic heterocycles. The molecule has 1 atom stereocenters. The molecule has 1 aliphatic rings. The molecule has 4 heteroatoms. The molecule has 0 spiro atoms. The van der Waals surface area contributed by atoms with E-state index < -0.39 is 0 Å². The Morgan fingerprint density at radius 1 is 1.20 bits per heavy atom. The summed E-state index contributed by atoms with van der Waals surface area (Å²) in [6.45, 7) is 2.87. The lowest BCUT2D eigenvalue weighted by Crippen LogP contribution is -2.24. The van der Waals surface area contributed by atoms with E-state index in [4.69, 9.17) is 4.74 Å². The van der Waals surface area contributed by atoms with E-state index in [1.54, 1.807) is 0 Å². The van der Waals surface area contributed by atoms with Crippen LogP contribution in [0.4, 0.5) is 5.69 Å². The fourth-order valence-corrected chi connectivity index (χ4v) is 4.15. The molecule has 0 amide bonds. The fraction of sp³-hybridized carbons (Fsp3) is 0.250. The summed E-state index contributed by atoms with van der Waals surface area (Å²) in [6.07, 6.45) is 1.15. The Balaban J connectivity index is 1.67. The molecule has 0 saturated heterocycles. The average molecular weight is 397 g/mol. The summed E-state index contributed by atoms with van der Waals surface area (Å²) < 4.78 is 8.08. The highest BCUT2D eigenvalue weighted by atomic mass is 79.9. The Morgan fingerprint density at radius 3 is 2.60 bits per heavy atom. The third-order valence-electron chi connectivity index (χ3n) is 3.41. The molecule has 104 valence electrons. The number of ether oxygens (including phenoxy) is 1. The third kappa shape index (κ3) is 2.86. The van der Waals surface area contributed by atoms with Gasteiger partial charge in [0.25, 0.3) is 0 Å². The smallest absolute Gasteiger partial charge is 0.123 e. The van der Waals surface area contributed by atoms with Gasteiger partial charge < -0.3 is 10.1 Å². The van der Waals surface area contributed by atoms with E-state index in [2.05, 4.69) is 68.4 Å². The van der Waals surface area contributed by atoms with Gasteiger partial charge in [0.1, 0.15) is 11.9 Å². The first kappa shape index (κ1) is 14.0. The van der Waals surface area contributed by atoms with Crippen molar-refractivity contribution < 1.29 is 4.74 Å². The minimum absolute atomic E-state index is 0.188. The first-order valence-corrected chi connectivity index (χ1v) is 8.16. The molecule has 0 fully saturated rings. The predicted octanol–water partition coefficient (Wildman–Crippen LogP) is 4.94. The first-order valence-electron chi connectivity index (χ1n) is 6.57. The van der Waals surface area contributed by atoms with Gasteiger partial charge >= 0.3 is 0 Å². The standard InChI is InChI=1S/C16H15Br2NO/c1-10-6-13(17)16(14(18)7-10)19-9-12-8-11-4-2-3-5-15(11)20-12/h2-7,12,19H,8-9H2,1H3. The van der Waals surface area contributed by atoms with Crippen molar-refractivity contribution in [2.24, 2.45) is 0 Å². The highest BCUT2D eigenvalue weighted by molar-refractivity contribution is 9.11. The van der Waals surface area contributed by atoms with Gasteiger partial charge in [0.05, 0.1) is 12.2 Å². The van der Waals surface area contributed by atoms with Crippen LogP contribution in [0.3, 0.4) is 0 Å². The zero-order valence-electron chi connectivity index (χ0n) is 11.1. The second-order valence-corrected chi connectivity index (χ2v) is 6.74. The van der Waals surface area contributed by atoms with Crippen LogP contribution in [0.1, 0.15) is 11.1 Å². The van der Waals surface area contributed by atoms with E-state index >= 15 is 0 Å². The molecule has 1 unspecified atom stereocenters. The predicted molar refractivity (Wildman–Crippen MR) is 89.6 cm³/mol. The summed E-state index contributed by atoms with van der Waals surface area (Å²) in [7, 11) is 0. The molecule has 0 aromatic heterocycles. The Morgan fingerprint density at radius 2 is 1.90 bits per heavy atom. The number of aryl methyl sites for hydroxylation is 1. The monoisotopic (exact) mass is 395 g/mol.